The predicted octanol–water partition coefficient (Wildman–Crippen LogP) is 0.635. The third-order valence-electron chi connectivity index (χ3n) is 3.86. The van der Waals surface area contributed by atoms with Gasteiger partial charge in [0.1, 0.15) is 0 Å². The fourth-order valence-electron chi connectivity index (χ4n) is 2.68. The Labute approximate surface area is 126 Å². The molecule has 0 aromatic carbocycles. The zero-order valence-electron chi connectivity index (χ0n) is 12.3. The lowest BCUT2D eigenvalue weighted by Gasteiger charge is -2.38. The maximum atomic E-state index is 12.4. The molecule has 1 amide bonds. The number of carbonyl (C=O) groups excluding carboxylic acids is 1. The van der Waals surface area contributed by atoms with Gasteiger partial charge in [-0.15, -0.1) is 5.10 Å². The predicted molar refractivity (Wildman–Crippen MR) is 77.4 cm³/mol. The highest BCUT2D eigenvalue weighted by Crippen LogP contribution is 2.21. The van der Waals surface area contributed by atoms with Crippen LogP contribution in [0.2, 0.25) is 0 Å². The molecule has 112 valence electrons. The highest BCUT2D eigenvalue weighted by molar-refractivity contribution is 5.91. The molecule has 3 aromatic rings. The van der Waals surface area contributed by atoms with Crippen molar-refractivity contribution in [1.82, 2.24) is 34.3 Å². The second kappa shape index (κ2) is 4.62. The summed E-state index contributed by atoms with van der Waals surface area (Å²) in [6, 6.07) is 4.02. The minimum Gasteiger partial charge on any atom is -0.331 e. The minimum absolute atomic E-state index is 0.161. The molecule has 0 aliphatic carbocycles. The van der Waals surface area contributed by atoms with Crippen LogP contribution in [0.4, 0.5) is 0 Å². The lowest BCUT2D eigenvalue weighted by molar-refractivity contribution is 0.0489. The van der Waals surface area contributed by atoms with Gasteiger partial charge in [0.2, 0.25) is 5.82 Å². The van der Waals surface area contributed by atoms with Gasteiger partial charge in [0.05, 0.1) is 6.04 Å². The zero-order chi connectivity index (χ0) is 15.3. The first-order valence-corrected chi connectivity index (χ1v) is 7.11. The Morgan fingerprint density at radius 3 is 2.82 bits per heavy atom. The Kier molecular flexibility index (Phi) is 2.72. The van der Waals surface area contributed by atoms with E-state index in [9.17, 15) is 4.79 Å². The number of hydrogen-bond donors (Lipinski definition) is 0. The number of carbonyl (C=O) groups is 1. The molecule has 4 rings (SSSR count). The average Bonchev–Trinajstić information content (AvgIpc) is 3.05. The van der Waals surface area contributed by atoms with Gasteiger partial charge in [0.15, 0.2) is 0 Å². The summed E-state index contributed by atoms with van der Waals surface area (Å²) in [6.07, 6.45) is 3.65. The normalized spacial score (nSPS) is 15.3. The van der Waals surface area contributed by atoms with Gasteiger partial charge in [0, 0.05) is 36.9 Å². The molecule has 8 heteroatoms. The van der Waals surface area contributed by atoms with Crippen LogP contribution in [0.5, 0.6) is 0 Å². The summed E-state index contributed by atoms with van der Waals surface area (Å²) in [7, 11) is 0. The van der Waals surface area contributed by atoms with Gasteiger partial charge in [-0.3, -0.25) is 9.48 Å². The number of nitrogens with zero attached hydrogens (tertiary/aromatic N) is 7. The van der Waals surface area contributed by atoms with Crippen LogP contribution in [0, 0.1) is 13.8 Å². The smallest absolute Gasteiger partial charge is 0.293 e. The molecule has 8 nitrogen and oxygen atoms in total. The molecule has 22 heavy (non-hydrogen) atoms. The molecular weight excluding hydrogens is 282 g/mol. The molecule has 4 heterocycles. The highest BCUT2D eigenvalue weighted by atomic mass is 16.2. The number of amides is 1. The number of hydrogen-bond acceptors (Lipinski definition) is 5. The lowest BCUT2D eigenvalue weighted by atomic mass is 10.1. The van der Waals surface area contributed by atoms with Crippen LogP contribution in [0.3, 0.4) is 0 Å². The van der Waals surface area contributed by atoms with E-state index in [1.165, 1.54) is 0 Å². The van der Waals surface area contributed by atoms with Crippen molar-refractivity contribution >= 4 is 11.7 Å². The number of aromatic nitrogens is 6. The van der Waals surface area contributed by atoms with E-state index < -0.39 is 0 Å². The lowest BCUT2D eigenvalue weighted by Crippen LogP contribution is -2.51. The minimum atomic E-state index is -0.161. The Morgan fingerprint density at radius 2 is 2.09 bits per heavy atom. The summed E-state index contributed by atoms with van der Waals surface area (Å²) in [6.45, 7) is 5.07. The summed E-state index contributed by atoms with van der Waals surface area (Å²) in [5.74, 6) is 0.496. The van der Waals surface area contributed by atoms with Crippen molar-refractivity contribution in [2.75, 3.05) is 13.1 Å². The topological polar surface area (TPSA) is 81.2 Å². The van der Waals surface area contributed by atoms with Gasteiger partial charge in [0.25, 0.3) is 11.7 Å². The summed E-state index contributed by atoms with van der Waals surface area (Å²) in [5, 5.41) is 8.47. The van der Waals surface area contributed by atoms with Crippen molar-refractivity contribution in [2.45, 2.75) is 19.9 Å². The fourth-order valence-corrected chi connectivity index (χ4v) is 2.68. The second-order valence-corrected chi connectivity index (χ2v) is 5.54. The molecule has 0 unspecified atom stereocenters. The van der Waals surface area contributed by atoms with Gasteiger partial charge in [-0.05, 0) is 26.0 Å². The van der Waals surface area contributed by atoms with Crippen LogP contribution in [-0.2, 0) is 0 Å². The Balaban J connectivity index is 1.55. The molecule has 1 aliphatic rings. The van der Waals surface area contributed by atoms with E-state index >= 15 is 0 Å². The van der Waals surface area contributed by atoms with E-state index in [1.807, 2.05) is 36.9 Å². The summed E-state index contributed by atoms with van der Waals surface area (Å²) in [4.78, 5) is 22.7. The maximum Gasteiger partial charge on any atom is 0.293 e. The van der Waals surface area contributed by atoms with E-state index in [4.69, 9.17) is 0 Å². The number of rotatable bonds is 2. The highest BCUT2D eigenvalue weighted by Gasteiger charge is 2.34. The zero-order valence-corrected chi connectivity index (χ0v) is 12.3. The second-order valence-electron chi connectivity index (χ2n) is 5.54. The number of likely N-dealkylation sites (tertiary alicyclic amines) is 1. The molecule has 0 saturated carbocycles. The van der Waals surface area contributed by atoms with Crippen LogP contribution in [0.1, 0.15) is 28.0 Å². The van der Waals surface area contributed by atoms with Crippen molar-refractivity contribution < 1.29 is 4.79 Å². The van der Waals surface area contributed by atoms with E-state index in [1.54, 1.807) is 15.6 Å². The van der Waals surface area contributed by atoms with Crippen LogP contribution in [0.25, 0.3) is 5.78 Å². The van der Waals surface area contributed by atoms with Crippen molar-refractivity contribution in [2.24, 2.45) is 0 Å². The number of fused-ring (bicyclic) bond motifs is 1. The van der Waals surface area contributed by atoms with Crippen LogP contribution < -0.4 is 0 Å². The van der Waals surface area contributed by atoms with Crippen LogP contribution in [-0.4, -0.2) is 53.3 Å². The van der Waals surface area contributed by atoms with Crippen LogP contribution >= 0.6 is 0 Å². The maximum absolute atomic E-state index is 12.4. The molecule has 1 fully saturated rings. The largest absolute Gasteiger partial charge is 0.331 e. The van der Waals surface area contributed by atoms with Crippen molar-refractivity contribution in [3.05, 3.63) is 41.7 Å². The van der Waals surface area contributed by atoms with Crippen LogP contribution in [0.15, 0.2) is 24.5 Å². The molecule has 0 radical (unpaired) electrons. The fraction of sp³-hybridized carbons (Fsp3) is 0.357. The van der Waals surface area contributed by atoms with E-state index in [-0.39, 0.29) is 17.8 Å². The number of aryl methyl sites for hydroxylation is 2. The molecule has 1 saturated heterocycles. The first-order valence-electron chi connectivity index (χ1n) is 7.11. The van der Waals surface area contributed by atoms with Crippen molar-refractivity contribution in [3.63, 3.8) is 0 Å². The third kappa shape index (κ3) is 1.95. The van der Waals surface area contributed by atoms with Crippen molar-refractivity contribution in [3.8, 4) is 0 Å². The summed E-state index contributed by atoms with van der Waals surface area (Å²) in [5.41, 5.74) is 1.77. The van der Waals surface area contributed by atoms with Gasteiger partial charge in [-0.1, -0.05) is 0 Å². The van der Waals surface area contributed by atoms with Gasteiger partial charge in [-0.25, -0.2) is 9.50 Å². The Bertz CT molecular complexity index is 846. The first-order chi connectivity index (χ1) is 10.6. The Morgan fingerprint density at radius 1 is 1.27 bits per heavy atom. The monoisotopic (exact) mass is 297 g/mol. The van der Waals surface area contributed by atoms with E-state index in [0.29, 0.717) is 18.9 Å². The van der Waals surface area contributed by atoms with Gasteiger partial charge in [-0.2, -0.15) is 10.1 Å². The molecule has 0 bridgehead atoms. The molecule has 0 N–H and O–H groups in total. The standard InChI is InChI=1S/C14H15N7O/c1-9-6-10(2)21-14(16-9)17-12(18-21)13(22)19-7-11(8-19)20-5-3-4-15-20/h3-6,11H,7-8H2,1-2H3. The summed E-state index contributed by atoms with van der Waals surface area (Å²) >= 11 is 0. The molecular formula is C14H15N7O. The summed E-state index contributed by atoms with van der Waals surface area (Å²) < 4.78 is 3.47. The molecule has 1 aliphatic heterocycles. The van der Waals surface area contributed by atoms with E-state index in [0.717, 1.165) is 11.4 Å². The Hall–Kier alpha value is -2.77. The van der Waals surface area contributed by atoms with Gasteiger partial charge < -0.3 is 4.90 Å². The molecule has 3 aromatic heterocycles. The van der Waals surface area contributed by atoms with Gasteiger partial charge >= 0.3 is 0 Å². The quantitative estimate of drug-likeness (QED) is 0.693. The average molecular weight is 297 g/mol. The third-order valence-corrected chi connectivity index (χ3v) is 3.86. The molecule has 0 atom stereocenters. The first kappa shape index (κ1) is 12.9. The van der Waals surface area contributed by atoms with E-state index in [2.05, 4.69) is 20.2 Å². The SMILES string of the molecule is Cc1cc(C)n2nc(C(=O)N3CC(n4cccn4)C3)nc2n1. The van der Waals surface area contributed by atoms with Crippen molar-refractivity contribution in [1.29, 1.82) is 0 Å². The molecule has 0 spiro atoms.